The topological polar surface area (TPSA) is 56.4 Å². The Balaban J connectivity index is 1.66. The van der Waals surface area contributed by atoms with E-state index in [1.807, 2.05) is 36.1 Å². The van der Waals surface area contributed by atoms with Crippen LogP contribution in [0.4, 0.5) is 0 Å². The van der Waals surface area contributed by atoms with Gasteiger partial charge >= 0.3 is 0 Å². The van der Waals surface area contributed by atoms with Gasteiger partial charge in [-0.3, -0.25) is 14.5 Å². The SMILES string of the molecule is CCC(CC)C(=O)N1CCN(Cc2cc3cccc(C)c3[nH]c2=O)CC1. The maximum atomic E-state index is 12.5. The lowest BCUT2D eigenvalue weighted by molar-refractivity contribution is -0.137. The lowest BCUT2D eigenvalue weighted by atomic mass is 10.0. The number of rotatable bonds is 5. The molecule has 1 aliphatic heterocycles. The van der Waals surface area contributed by atoms with Crippen LogP contribution in [0.5, 0.6) is 0 Å². The summed E-state index contributed by atoms with van der Waals surface area (Å²) in [6.45, 7) is 9.93. The van der Waals surface area contributed by atoms with Gasteiger partial charge in [-0.05, 0) is 36.8 Å². The summed E-state index contributed by atoms with van der Waals surface area (Å²) in [5.41, 5.74) is 2.78. The Morgan fingerprint density at radius 2 is 1.85 bits per heavy atom. The number of para-hydroxylation sites is 1. The van der Waals surface area contributed by atoms with Gasteiger partial charge in [0.2, 0.25) is 5.91 Å². The second-order valence-corrected chi connectivity index (χ2v) is 7.28. The molecule has 0 spiro atoms. The molecule has 2 heterocycles. The van der Waals surface area contributed by atoms with Crippen LogP contribution in [0.1, 0.15) is 37.8 Å². The van der Waals surface area contributed by atoms with E-state index in [1.165, 1.54) is 0 Å². The largest absolute Gasteiger partial charge is 0.340 e. The molecule has 0 atom stereocenters. The smallest absolute Gasteiger partial charge is 0.252 e. The van der Waals surface area contributed by atoms with Crippen LogP contribution in [0.3, 0.4) is 0 Å². The number of amides is 1. The summed E-state index contributed by atoms with van der Waals surface area (Å²) in [6.07, 6.45) is 1.81. The maximum Gasteiger partial charge on any atom is 0.252 e. The van der Waals surface area contributed by atoms with Crippen LogP contribution >= 0.6 is 0 Å². The van der Waals surface area contributed by atoms with Crippen molar-refractivity contribution in [3.63, 3.8) is 0 Å². The van der Waals surface area contributed by atoms with Crippen LogP contribution in [0.2, 0.25) is 0 Å². The van der Waals surface area contributed by atoms with Crippen molar-refractivity contribution in [2.75, 3.05) is 26.2 Å². The molecule has 5 nitrogen and oxygen atoms in total. The molecule has 0 saturated carbocycles. The van der Waals surface area contributed by atoms with E-state index in [2.05, 4.69) is 23.7 Å². The third-order valence-corrected chi connectivity index (χ3v) is 5.58. The molecule has 0 aliphatic carbocycles. The summed E-state index contributed by atoms with van der Waals surface area (Å²) in [4.78, 5) is 32.2. The number of carbonyl (C=O) groups excluding carboxylic acids is 1. The van der Waals surface area contributed by atoms with Crippen molar-refractivity contribution < 1.29 is 4.79 Å². The minimum Gasteiger partial charge on any atom is -0.340 e. The van der Waals surface area contributed by atoms with Crippen molar-refractivity contribution in [3.8, 4) is 0 Å². The van der Waals surface area contributed by atoms with Crippen molar-refractivity contribution in [2.24, 2.45) is 5.92 Å². The Hall–Kier alpha value is -2.14. The number of aryl methyl sites for hydroxylation is 1. The monoisotopic (exact) mass is 355 g/mol. The van der Waals surface area contributed by atoms with E-state index in [4.69, 9.17) is 0 Å². The summed E-state index contributed by atoms with van der Waals surface area (Å²) < 4.78 is 0. The van der Waals surface area contributed by atoms with Crippen molar-refractivity contribution in [1.82, 2.24) is 14.8 Å². The third kappa shape index (κ3) is 3.83. The molecule has 0 unspecified atom stereocenters. The minimum absolute atomic E-state index is 0.0117. The number of hydrogen-bond donors (Lipinski definition) is 1. The van der Waals surface area contributed by atoms with Gasteiger partial charge in [0.1, 0.15) is 0 Å². The zero-order valence-electron chi connectivity index (χ0n) is 16.0. The number of carbonyl (C=O) groups is 1. The first-order chi connectivity index (χ1) is 12.5. The molecule has 1 N–H and O–H groups in total. The molecule has 0 radical (unpaired) electrons. The lowest BCUT2D eigenvalue weighted by Crippen LogP contribution is -2.50. The third-order valence-electron chi connectivity index (χ3n) is 5.58. The molecule has 1 amide bonds. The van der Waals surface area contributed by atoms with E-state index < -0.39 is 0 Å². The summed E-state index contributed by atoms with van der Waals surface area (Å²) in [6, 6.07) is 8.06. The Bertz CT molecular complexity index is 831. The van der Waals surface area contributed by atoms with Gasteiger partial charge in [-0.2, -0.15) is 0 Å². The van der Waals surface area contributed by atoms with Gasteiger partial charge in [0, 0.05) is 44.2 Å². The first-order valence-electron chi connectivity index (χ1n) is 9.66. The van der Waals surface area contributed by atoms with Gasteiger partial charge in [0.15, 0.2) is 0 Å². The highest BCUT2D eigenvalue weighted by Crippen LogP contribution is 2.17. The van der Waals surface area contributed by atoms with Gasteiger partial charge in [0.25, 0.3) is 5.56 Å². The fraction of sp³-hybridized carbons (Fsp3) is 0.524. The highest BCUT2D eigenvalue weighted by molar-refractivity contribution is 5.82. The zero-order valence-corrected chi connectivity index (χ0v) is 16.0. The Kier molecular flexibility index (Phi) is 5.77. The van der Waals surface area contributed by atoms with Gasteiger partial charge in [-0.25, -0.2) is 0 Å². The van der Waals surface area contributed by atoms with Gasteiger partial charge < -0.3 is 9.88 Å². The number of aromatic amines is 1. The van der Waals surface area contributed by atoms with Crippen LogP contribution in [0.15, 0.2) is 29.1 Å². The maximum absolute atomic E-state index is 12.5. The Labute approximate surface area is 155 Å². The van der Waals surface area contributed by atoms with E-state index in [9.17, 15) is 9.59 Å². The predicted molar refractivity (Wildman–Crippen MR) is 105 cm³/mol. The lowest BCUT2D eigenvalue weighted by Gasteiger charge is -2.36. The predicted octanol–water partition coefficient (Wildman–Crippen LogP) is 2.92. The molecule has 0 bridgehead atoms. The molecule has 1 aromatic carbocycles. The Morgan fingerprint density at radius 3 is 2.50 bits per heavy atom. The van der Waals surface area contributed by atoms with Crippen LogP contribution in [0.25, 0.3) is 10.9 Å². The quantitative estimate of drug-likeness (QED) is 0.897. The average molecular weight is 355 g/mol. The highest BCUT2D eigenvalue weighted by atomic mass is 16.2. The van der Waals surface area contributed by atoms with Crippen molar-refractivity contribution in [3.05, 3.63) is 45.7 Å². The summed E-state index contributed by atoms with van der Waals surface area (Å²) in [7, 11) is 0. The first kappa shape index (κ1) is 18.6. The van der Waals surface area contributed by atoms with Crippen molar-refractivity contribution in [2.45, 2.75) is 40.2 Å². The van der Waals surface area contributed by atoms with Crippen molar-refractivity contribution >= 4 is 16.8 Å². The molecule has 5 heteroatoms. The first-order valence-corrected chi connectivity index (χ1v) is 9.66. The van der Waals surface area contributed by atoms with Crippen LogP contribution < -0.4 is 5.56 Å². The number of hydrogen-bond acceptors (Lipinski definition) is 3. The van der Waals surface area contributed by atoms with Crippen LogP contribution in [-0.2, 0) is 11.3 Å². The number of piperazine rings is 1. The Morgan fingerprint density at radius 1 is 1.15 bits per heavy atom. The van der Waals surface area contributed by atoms with E-state index >= 15 is 0 Å². The zero-order chi connectivity index (χ0) is 18.7. The molecule has 3 rings (SSSR count). The summed E-state index contributed by atoms with van der Waals surface area (Å²) in [5, 5.41) is 1.07. The fourth-order valence-corrected chi connectivity index (χ4v) is 3.81. The molecular formula is C21H29N3O2. The van der Waals surface area contributed by atoms with E-state index in [-0.39, 0.29) is 17.4 Å². The normalized spacial score (nSPS) is 15.8. The molecule has 140 valence electrons. The number of nitrogens with one attached hydrogen (secondary N) is 1. The number of benzene rings is 1. The number of pyridine rings is 1. The van der Waals surface area contributed by atoms with Crippen molar-refractivity contribution in [1.29, 1.82) is 0 Å². The summed E-state index contributed by atoms with van der Waals surface area (Å²) >= 11 is 0. The van der Waals surface area contributed by atoms with Crippen LogP contribution in [-0.4, -0.2) is 46.9 Å². The summed E-state index contributed by atoms with van der Waals surface area (Å²) in [5.74, 6) is 0.432. The van der Waals surface area contributed by atoms with Gasteiger partial charge in [-0.1, -0.05) is 32.0 Å². The van der Waals surface area contributed by atoms with Gasteiger partial charge in [-0.15, -0.1) is 0 Å². The minimum atomic E-state index is -0.0117. The van der Waals surface area contributed by atoms with Gasteiger partial charge in [0.05, 0.1) is 5.52 Å². The number of fused-ring (bicyclic) bond motifs is 1. The number of aromatic nitrogens is 1. The standard InChI is InChI=1S/C21H29N3O2/c1-4-16(5-2)21(26)24-11-9-23(10-12-24)14-18-13-17-8-6-7-15(3)19(17)22-20(18)25/h6-8,13,16H,4-5,9-12,14H2,1-3H3,(H,22,25). The average Bonchev–Trinajstić information content (AvgIpc) is 2.65. The van der Waals surface area contributed by atoms with E-state index in [0.29, 0.717) is 6.54 Å². The highest BCUT2D eigenvalue weighted by Gasteiger charge is 2.25. The molecule has 1 saturated heterocycles. The van der Waals surface area contributed by atoms with E-state index in [0.717, 1.165) is 61.1 Å². The molecule has 1 aliphatic rings. The van der Waals surface area contributed by atoms with E-state index in [1.54, 1.807) is 0 Å². The molecule has 1 aromatic heterocycles. The molecule has 2 aromatic rings. The molecular weight excluding hydrogens is 326 g/mol. The number of H-pyrrole nitrogens is 1. The van der Waals surface area contributed by atoms with Crippen LogP contribution in [0, 0.1) is 12.8 Å². The second kappa shape index (κ2) is 8.04. The molecule has 26 heavy (non-hydrogen) atoms. The number of nitrogens with zero attached hydrogens (tertiary/aromatic N) is 2. The second-order valence-electron chi connectivity index (χ2n) is 7.28. The fourth-order valence-electron chi connectivity index (χ4n) is 3.81. The molecule has 1 fully saturated rings.